The molecule has 0 aliphatic rings. The van der Waals surface area contributed by atoms with Crippen molar-refractivity contribution < 1.29 is 32.2 Å². The lowest BCUT2D eigenvalue weighted by Crippen LogP contribution is -2.17. The number of ether oxygens (including phenoxy) is 2. The fourth-order valence-electron chi connectivity index (χ4n) is 2.80. The molecule has 0 unspecified atom stereocenters. The van der Waals surface area contributed by atoms with Crippen molar-refractivity contribution >= 4 is 35.1 Å². The molecule has 0 spiro atoms. The van der Waals surface area contributed by atoms with Crippen molar-refractivity contribution in [2.75, 3.05) is 24.4 Å². The van der Waals surface area contributed by atoms with Crippen LogP contribution in [0.25, 0.3) is 0 Å². The monoisotopic (exact) mass is 506 g/mol. The largest absolute Gasteiger partial charge is 0.573 e. The standard InChI is InChI=1S/C23H21F3N4O4S/c1-33-12-9-20(31)30-19-13-15(8-11-27-19)14-35-22-18(3-2-10-28-22)21(32)29-16-4-6-17(7-5-16)34-23(24,25)26/h2-8,10-11,13H,9,12,14H2,1H3,(H,29,32)(H,27,30,31). The number of nitrogens with zero attached hydrogens (tertiary/aromatic N) is 2. The first-order valence-electron chi connectivity index (χ1n) is 10.2. The maximum atomic E-state index is 12.8. The van der Waals surface area contributed by atoms with Crippen LogP contribution in [-0.4, -0.2) is 41.9 Å². The molecule has 8 nitrogen and oxygen atoms in total. The van der Waals surface area contributed by atoms with E-state index in [1.165, 1.54) is 31.0 Å². The van der Waals surface area contributed by atoms with Crippen molar-refractivity contribution in [3.63, 3.8) is 0 Å². The van der Waals surface area contributed by atoms with Crippen LogP contribution in [0.4, 0.5) is 24.7 Å². The number of benzene rings is 1. The molecule has 35 heavy (non-hydrogen) atoms. The number of alkyl halides is 3. The van der Waals surface area contributed by atoms with E-state index in [1.54, 1.807) is 36.7 Å². The van der Waals surface area contributed by atoms with Gasteiger partial charge in [-0.15, -0.1) is 24.9 Å². The molecule has 0 radical (unpaired) electrons. The van der Waals surface area contributed by atoms with Gasteiger partial charge in [-0.3, -0.25) is 9.59 Å². The highest BCUT2D eigenvalue weighted by atomic mass is 32.2. The molecule has 12 heteroatoms. The van der Waals surface area contributed by atoms with Gasteiger partial charge in [0.25, 0.3) is 5.91 Å². The molecule has 2 aromatic heterocycles. The van der Waals surface area contributed by atoms with Gasteiger partial charge < -0.3 is 20.1 Å². The fourth-order valence-corrected chi connectivity index (χ4v) is 3.74. The molecule has 1 aromatic carbocycles. The predicted octanol–water partition coefficient (Wildman–Crippen LogP) is 4.89. The Kier molecular flexibility index (Phi) is 9.04. The van der Waals surface area contributed by atoms with Crippen molar-refractivity contribution in [1.29, 1.82) is 0 Å². The van der Waals surface area contributed by atoms with E-state index in [9.17, 15) is 22.8 Å². The number of anilines is 2. The van der Waals surface area contributed by atoms with Crippen LogP contribution in [-0.2, 0) is 15.3 Å². The van der Waals surface area contributed by atoms with E-state index in [4.69, 9.17) is 4.74 Å². The zero-order chi connectivity index (χ0) is 25.3. The first kappa shape index (κ1) is 26.0. The van der Waals surface area contributed by atoms with Gasteiger partial charge in [-0.25, -0.2) is 9.97 Å². The summed E-state index contributed by atoms with van der Waals surface area (Å²) in [7, 11) is 1.51. The number of halogens is 3. The van der Waals surface area contributed by atoms with Gasteiger partial charge in [0.15, 0.2) is 0 Å². The first-order valence-corrected chi connectivity index (χ1v) is 11.2. The summed E-state index contributed by atoms with van der Waals surface area (Å²) in [6.45, 7) is 0.303. The third-order valence-electron chi connectivity index (χ3n) is 4.36. The number of thioether (sulfide) groups is 1. The fraction of sp³-hybridized carbons (Fsp3) is 0.217. The molecule has 0 fully saturated rings. The minimum Gasteiger partial charge on any atom is -0.406 e. The molecule has 0 atom stereocenters. The van der Waals surface area contributed by atoms with E-state index in [0.29, 0.717) is 34.5 Å². The van der Waals surface area contributed by atoms with E-state index < -0.39 is 12.3 Å². The van der Waals surface area contributed by atoms with Gasteiger partial charge in [0, 0.05) is 30.9 Å². The number of carbonyl (C=O) groups is 2. The molecule has 0 saturated heterocycles. The highest BCUT2D eigenvalue weighted by molar-refractivity contribution is 7.98. The Labute approximate surface area is 203 Å². The van der Waals surface area contributed by atoms with Crippen LogP contribution in [0, 0.1) is 0 Å². The van der Waals surface area contributed by atoms with Crippen LogP contribution in [0.15, 0.2) is 66.0 Å². The van der Waals surface area contributed by atoms with Gasteiger partial charge in [-0.2, -0.15) is 0 Å². The molecule has 0 aliphatic heterocycles. The van der Waals surface area contributed by atoms with E-state index in [1.807, 2.05) is 0 Å². The van der Waals surface area contributed by atoms with E-state index in [0.717, 1.165) is 17.7 Å². The molecule has 0 aliphatic carbocycles. The third kappa shape index (κ3) is 8.58. The van der Waals surface area contributed by atoms with E-state index in [2.05, 4.69) is 25.3 Å². The predicted molar refractivity (Wildman–Crippen MR) is 124 cm³/mol. The molecule has 184 valence electrons. The number of pyridine rings is 2. The zero-order valence-electron chi connectivity index (χ0n) is 18.5. The van der Waals surface area contributed by atoms with Crippen molar-refractivity contribution in [2.24, 2.45) is 0 Å². The minimum atomic E-state index is -4.79. The maximum Gasteiger partial charge on any atom is 0.573 e. The summed E-state index contributed by atoms with van der Waals surface area (Å²) in [4.78, 5) is 33.0. The molecule has 3 aromatic rings. The molecular weight excluding hydrogens is 485 g/mol. The molecule has 0 bridgehead atoms. The normalized spacial score (nSPS) is 11.1. The van der Waals surface area contributed by atoms with Crippen molar-refractivity contribution in [3.8, 4) is 5.75 Å². The SMILES string of the molecule is COCCC(=O)Nc1cc(CSc2ncccc2C(=O)Nc2ccc(OC(F)(F)F)cc2)ccn1. The summed E-state index contributed by atoms with van der Waals surface area (Å²) in [5.74, 6) is -0.220. The maximum absolute atomic E-state index is 12.8. The third-order valence-corrected chi connectivity index (χ3v) is 5.44. The molecule has 2 amide bonds. The Morgan fingerprint density at radius 2 is 1.80 bits per heavy atom. The van der Waals surface area contributed by atoms with Gasteiger partial charge in [0.1, 0.15) is 16.6 Å². The second kappa shape index (κ2) is 12.2. The van der Waals surface area contributed by atoms with E-state index in [-0.39, 0.29) is 18.1 Å². The number of rotatable bonds is 10. The van der Waals surface area contributed by atoms with Crippen LogP contribution in [0.3, 0.4) is 0 Å². The summed E-state index contributed by atoms with van der Waals surface area (Å²) in [5.41, 5.74) is 1.45. The lowest BCUT2D eigenvalue weighted by atomic mass is 10.2. The second-order valence-electron chi connectivity index (χ2n) is 7.01. The van der Waals surface area contributed by atoms with Crippen LogP contribution < -0.4 is 15.4 Å². The van der Waals surface area contributed by atoms with Gasteiger partial charge in [-0.1, -0.05) is 0 Å². The molecular formula is C23H21F3N4O4S. The lowest BCUT2D eigenvalue weighted by Gasteiger charge is -2.11. The minimum absolute atomic E-state index is 0.210. The number of aromatic nitrogens is 2. The Morgan fingerprint density at radius 1 is 1.03 bits per heavy atom. The summed E-state index contributed by atoms with van der Waals surface area (Å²) in [5, 5.41) is 5.80. The Hall–Kier alpha value is -3.64. The van der Waals surface area contributed by atoms with Gasteiger partial charge in [-0.05, 0) is 54.1 Å². The van der Waals surface area contributed by atoms with Crippen molar-refractivity contribution in [3.05, 3.63) is 72.1 Å². The molecule has 0 saturated carbocycles. The van der Waals surface area contributed by atoms with Crippen LogP contribution >= 0.6 is 11.8 Å². The zero-order valence-corrected chi connectivity index (χ0v) is 19.3. The lowest BCUT2D eigenvalue weighted by molar-refractivity contribution is -0.274. The number of nitrogens with one attached hydrogen (secondary N) is 2. The van der Waals surface area contributed by atoms with Crippen LogP contribution in [0.1, 0.15) is 22.3 Å². The quantitative estimate of drug-likeness (QED) is 0.377. The molecule has 3 rings (SSSR count). The smallest absolute Gasteiger partial charge is 0.406 e. The summed E-state index contributed by atoms with van der Waals surface area (Å²) in [6.07, 6.45) is -1.46. The number of hydrogen-bond acceptors (Lipinski definition) is 7. The summed E-state index contributed by atoms with van der Waals surface area (Å²) < 4.78 is 45.6. The average molecular weight is 507 g/mol. The van der Waals surface area contributed by atoms with Gasteiger partial charge in [0.05, 0.1) is 18.6 Å². The summed E-state index contributed by atoms with van der Waals surface area (Å²) in [6, 6.07) is 11.5. The van der Waals surface area contributed by atoms with E-state index >= 15 is 0 Å². The second-order valence-corrected chi connectivity index (χ2v) is 7.98. The topological polar surface area (TPSA) is 102 Å². The van der Waals surface area contributed by atoms with Gasteiger partial charge in [0.2, 0.25) is 5.91 Å². The van der Waals surface area contributed by atoms with Crippen LogP contribution in [0.5, 0.6) is 5.75 Å². The average Bonchev–Trinajstić information content (AvgIpc) is 2.82. The molecule has 2 heterocycles. The highest BCUT2D eigenvalue weighted by Gasteiger charge is 2.31. The highest BCUT2D eigenvalue weighted by Crippen LogP contribution is 2.27. The van der Waals surface area contributed by atoms with Crippen molar-refractivity contribution in [2.45, 2.75) is 23.6 Å². The Balaban J connectivity index is 1.63. The number of amides is 2. The first-order chi connectivity index (χ1) is 16.7. The molecule has 2 N–H and O–H groups in total. The Bertz CT molecular complexity index is 1160. The number of hydrogen-bond donors (Lipinski definition) is 2. The summed E-state index contributed by atoms with van der Waals surface area (Å²) >= 11 is 1.31. The number of methoxy groups -OCH3 is 1. The van der Waals surface area contributed by atoms with Crippen LogP contribution in [0.2, 0.25) is 0 Å². The van der Waals surface area contributed by atoms with Gasteiger partial charge >= 0.3 is 6.36 Å². The number of carbonyl (C=O) groups excluding carboxylic acids is 2. The van der Waals surface area contributed by atoms with Crippen molar-refractivity contribution in [1.82, 2.24) is 9.97 Å². The Morgan fingerprint density at radius 3 is 2.51 bits per heavy atom.